The second-order valence-corrected chi connectivity index (χ2v) is 0.720. The number of hydrogen-bond acceptors (Lipinski definition) is 2. The average Bonchev–Trinajstić information content (AvgIpc) is 1.35. The molecule has 2 heteroatoms. The van der Waals surface area contributed by atoms with E-state index < -0.39 is 5.97 Å². The molecule has 0 aromatic rings. The topological polar surface area (TPSA) is 26.3 Å². The zero-order valence-corrected chi connectivity index (χ0v) is 3.52. The molecule has 0 atom stereocenters. The van der Waals surface area contributed by atoms with Gasteiger partial charge in [0.25, 0.3) is 0 Å². The molecule has 0 aliphatic carbocycles. The molecular weight excluding hydrogens is 80.0 g/mol. The van der Waals surface area contributed by atoms with E-state index in [1.165, 1.54) is 0 Å². The summed E-state index contributed by atoms with van der Waals surface area (Å²) in [5.41, 5.74) is 0. The highest BCUT2D eigenvalue weighted by molar-refractivity contribution is 5.73. The van der Waals surface area contributed by atoms with Crippen molar-refractivity contribution in [2.24, 2.45) is 0 Å². The highest BCUT2D eigenvalue weighted by atomic mass is 16.5. The summed E-state index contributed by atoms with van der Waals surface area (Å²) in [5.74, 6) is -0.961. The molecule has 0 aromatic heterocycles. The Hall–Kier alpha value is -0.530. The Balaban J connectivity index is 2.83. The highest BCUT2D eigenvalue weighted by Crippen LogP contribution is 1.68. The molecule has 3 radical (unpaired) electrons. The van der Waals surface area contributed by atoms with Crippen molar-refractivity contribution in [1.29, 1.82) is 0 Å². The van der Waals surface area contributed by atoms with Crippen LogP contribution in [0.4, 0.5) is 0 Å². The Kier molecular flexibility index (Phi) is 2.46. The van der Waals surface area contributed by atoms with E-state index in [-0.39, 0.29) is 0 Å². The summed E-state index contributed by atoms with van der Waals surface area (Å²) in [6.07, 6.45) is 0. The van der Waals surface area contributed by atoms with E-state index in [0.717, 1.165) is 0 Å². The molecule has 0 aromatic carbocycles. The number of hydrogen-bond donors (Lipinski definition) is 0. The van der Waals surface area contributed by atoms with Gasteiger partial charge in [0, 0.05) is 0 Å². The molecule has 0 saturated heterocycles. The summed E-state index contributed by atoms with van der Waals surface area (Å²) in [6.45, 7) is 8.07. The second-order valence-electron chi connectivity index (χ2n) is 0.720. The summed E-state index contributed by atoms with van der Waals surface area (Å²) in [7, 11) is 0. The predicted molar refractivity (Wildman–Crippen MR) is 19.9 cm³/mol. The first-order chi connectivity index (χ1) is 2.77. The van der Waals surface area contributed by atoms with Crippen LogP contribution < -0.4 is 0 Å². The van der Waals surface area contributed by atoms with Crippen LogP contribution >= 0.6 is 0 Å². The van der Waals surface area contributed by atoms with Crippen molar-refractivity contribution in [3.63, 3.8) is 0 Å². The van der Waals surface area contributed by atoms with Gasteiger partial charge in [-0.15, -0.1) is 0 Å². The first-order valence-electron chi connectivity index (χ1n) is 1.65. The third-order valence-electron chi connectivity index (χ3n) is 0.275. The zero-order valence-electron chi connectivity index (χ0n) is 3.52. The maximum Gasteiger partial charge on any atom is 0.315 e. The van der Waals surface area contributed by atoms with Crippen LogP contribution in [-0.4, -0.2) is 12.6 Å². The average molecular weight is 85.1 g/mol. The molecule has 33 valence electrons. The minimum atomic E-state index is -0.961. The Bertz CT molecular complexity index is 49.5. The Morgan fingerprint density at radius 3 is 2.50 bits per heavy atom. The molecule has 0 heterocycles. The molecule has 0 aliphatic rings. The van der Waals surface area contributed by atoms with Crippen LogP contribution in [0.2, 0.25) is 0 Å². The minimum Gasteiger partial charge on any atom is -0.465 e. The molecule has 0 fully saturated rings. The third kappa shape index (κ3) is 3.47. The zero-order chi connectivity index (χ0) is 4.99. The lowest BCUT2D eigenvalue weighted by atomic mass is 10.8. The van der Waals surface area contributed by atoms with E-state index in [1.54, 1.807) is 6.92 Å². The molecule has 0 N–H and O–H groups in total. The molecule has 0 unspecified atom stereocenters. The molecule has 0 saturated carbocycles. The van der Waals surface area contributed by atoms with Crippen molar-refractivity contribution in [2.45, 2.75) is 6.92 Å². The standard InChI is InChI=1S/C4H5O2/c1-3-6-4(2)5/h3H2,1H3. The molecule has 0 spiro atoms. The summed E-state index contributed by atoms with van der Waals surface area (Å²) < 4.78 is 4.07. The molecule has 0 aliphatic heterocycles. The Morgan fingerprint density at radius 2 is 2.50 bits per heavy atom. The van der Waals surface area contributed by atoms with E-state index in [9.17, 15) is 4.79 Å². The Labute approximate surface area is 37.1 Å². The summed E-state index contributed by atoms with van der Waals surface area (Å²) in [6, 6.07) is 0. The lowest BCUT2D eigenvalue weighted by Gasteiger charge is -1.88. The Morgan fingerprint density at radius 1 is 2.00 bits per heavy atom. The summed E-state index contributed by atoms with van der Waals surface area (Å²) in [4.78, 5) is 9.49. The van der Waals surface area contributed by atoms with Crippen molar-refractivity contribution in [2.75, 3.05) is 6.61 Å². The van der Waals surface area contributed by atoms with E-state index in [1.807, 2.05) is 0 Å². The second kappa shape index (κ2) is 2.69. The van der Waals surface area contributed by atoms with Gasteiger partial charge in [-0.05, 0) is 6.92 Å². The van der Waals surface area contributed by atoms with E-state index >= 15 is 0 Å². The van der Waals surface area contributed by atoms with Gasteiger partial charge in [-0.25, -0.2) is 0 Å². The molecule has 2 nitrogen and oxygen atoms in total. The van der Waals surface area contributed by atoms with Crippen molar-refractivity contribution in [1.82, 2.24) is 0 Å². The van der Waals surface area contributed by atoms with Crippen molar-refractivity contribution >= 4 is 5.97 Å². The third-order valence-corrected chi connectivity index (χ3v) is 0.275. The number of rotatable bonds is 1. The summed E-state index contributed by atoms with van der Waals surface area (Å²) >= 11 is 0. The fraction of sp³-hybridized carbons (Fsp3) is 0.500. The maximum absolute atomic E-state index is 9.49. The molecule has 0 amide bonds. The number of ether oxygens (including phenoxy) is 1. The van der Waals surface area contributed by atoms with Crippen molar-refractivity contribution < 1.29 is 9.53 Å². The van der Waals surface area contributed by atoms with Crippen LogP contribution in [0.1, 0.15) is 6.92 Å². The van der Waals surface area contributed by atoms with Gasteiger partial charge in [0.15, 0.2) is 0 Å². The maximum atomic E-state index is 9.49. The van der Waals surface area contributed by atoms with Gasteiger partial charge in [-0.1, -0.05) is 0 Å². The minimum absolute atomic E-state index is 0.294. The van der Waals surface area contributed by atoms with Gasteiger partial charge < -0.3 is 4.74 Å². The monoisotopic (exact) mass is 85.0 g/mol. The van der Waals surface area contributed by atoms with Gasteiger partial charge >= 0.3 is 5.97 Å². The van der Waals surface area contributed by atoms with Crippen molar-refractivity contribution in [3.8, 4) is 0 Å². The predicted octanol–water partition coefficient (Wildman–Crippen LogP) is 0.138. The van der Waals surface area contributed by atoms with Gasteiger partial charge in [0.05, 0.1) is 6.61 Å². The van der Waals surface area contributed by atoms with Crippen LogP contribution in [0.25, 0.3) is 0 Å². The van der Waals surface area contributed by atoms with Gasteiger partial charge in [0.2, 0.25) is 0 Å². The normalized spacial score (nSPS) is 7.67. The molecule has 6 heavy (non-hydrogen) atoms. The van der Waals surface area contributed by atoms with Crippen LogP contribution in [0.3, 0.4) is 0 Å². The number of carbonyl (C=O) groups excluding carboxylic acids is 1. The number of esters is 1. The van der Waals surface area contributed by atoms with Gasteiger partial charge in [-0.2, -0.15) is 0 Å². The van der Waals surface area contributed by atoms with Crippen LogP contribution in [0, 0.1) is 6.92 Å². The van der Waals surface area contributed by atoms with E-state index in [0.29, 0.717) is 6.61 Å². The fourth-order valence-corrected chi connectivity index (χ4v) is 0.131. The lowest BCUT2D eigenvalue weighted by molar-refractivity contribution is -0.137. The first-order valence-corrected chi connectivity index (χ1v) is 1.65. The fourth-order valence-electron chi connectivity index (χ4n) is 0.131. The van der Waals surface area contributed by atoms with E-state index in [4.69, 9.17) is 6.92 Å². The van der Waals surface area contributed by atoms with Crippen molar-refractivity contribution in [3.05, 3.63) is 6.92 Å². The smallest absolute Gasteiger partial charge is 0.315 e. The van der Waals surface area contributed by atoms with Crippen LogP contribution in [-0.2, 0) is 9.53 Å². The molecule has 0 rings (SSSR count). The highest BCUT2D eigenvalue weighted by Gasteiger charge is 1.83. The SMILES string of the molecule is [C]C(=O)OCC. The lowest BCUT2D eigenvalue weighted by Crippen LogP contribution is -1.95. The quantitative estimate of drug-likeness (QED) is 0.423. The van der Waals surface area contributed by atoms with Crippen LogP contribution in [0.5, 0.6) is 0 Å². The van der Waals surface area contributed by atoms with E-state index in [2.05, 4.69) is 4.74 Å². The largest absolute Gasteiger partial charge is 0.465 e. The summed E-state index contributed by atoms with van der Waals surface area (Å²) in [5, 5.41) is 0. The number of carbonyl (C=O) groups is 1. The molecular formula is C4H5O2. The van der Waals surface area contributed by atoms with Gasteiger partial charge in [-0.3, -0.25) is 4.79 Å². The first kappa shape index (κ1) is 5.47. The van der Waals surface area contributed by atoms with Crippen LogP contribution in [0.15, 0.2) is 0 Å². The van der Waals surface area contributed by atoms with Gasteiger partial charge in [0.1, 0.15) is 6.92 Å². The molecule has 0 bridgehead atoms.